The van der Waals surface area contributed by atoms with Gasteiger partial charge in [0.05, 0.1) is 23.9 Å². The topological polar surface area (TPSA) is 71.2 Å². The molecule has 0 saturated heterocycles. The van der Waals surface area contributed by atoms with Gasteiger partial charge in [0.1, 0.15) is 0 Å². The first-order valence-electron chi connectivity index (χ1n) is 8.20. The van der Waals surface area contributed by atoms with Gasteiger partial charge in [-0.1, -0.05) is 6.07 Å². The molecule has 2 aromatic rings. The third kappa shape index (κ3) is 4.25. The van der Waals surface area contributed by atoms with Crippen LogP contribution in [0.2, 0.25) is 0 Å². The van der Waals surface area contributed by atoms with E-state index in [-0.39, 0.29) is 5.78 Å². The van der Waals surface area contributed by atoms with Crippen molar-refractivity contribution in [2.24, 2.45) is 0 Å². The lowest BCUT2D eigenvalue weighted by molar-refractivity contribution is 0.0525. The quantitative estimate of drug-likeness (QED) is 0.440. The number of aryl methyl sites for hydroxylation is 1. The number of benzene rings is 1. The normalized spacial score (nSPS) is 11.9. The minimum absolute atomic E-state index is 0.0919. The number of ketones is 1. The van der Waals surface area contributed by atoms with Crippen LogP contribution in [-0.2, 0) is 4.74 Å². The van der Waals surface area contributed by atoms with Gasteiger partial charge in [-0.3, -0.25) is 4.79 Å². The van der Waals surface area contributed by atoms with Crippen molar-refractivity contribution >= 4 is 29.2 Å². The van der Waals surface area contributed by atoms with Crippen LogP contribution in [0, 0.1) is 13.8 Å². The highest BCUT2D eigenvalue weighted by atomic mass is 32.2. The molecular formula is C19H24N2O3S. The zero-order valence-electron chi connectivity index (χ0n) is 15.2. The fourth-order valence-electron chi connectivity index (χ4n) is 2.75. The van der Waals surface area contributed by atoms with E-state index in [0.29, 0.717) is 29.1 Å². The zero-order chi connectivity index (χ0) is 18.6. The number of H-pyrrole nitrogens is 1. The maximum atomic E-state index is 12.8. The lowest BCUT2D eigenvalue weighted by atomic mass is 10.0. The van der Waals surface area contributed by atoms with Gasteiger partial charge >= 0.3 is 5.97 Å². The number of rotatable bonds is 7. The molecule has 2 rings (SSSR count). The molecule has 25 heavy (non-hydrogen) atoms. The summed E-state index contributed by atoms with van der Waals surface area (Å²) in [4.78, 5) is 29.1. The predicted molar refractivity (Wildman–Crippen MR) is 102 cm³/mol. The Morgan fingerprint density at radius 2 is 2.04 bits per heavy atom. The second kappa shape index (κ2) is 8.25. The molecule has 1 heterocycles. The van der Waals surface area contributed by atoms with Crippen LogP contribution in [0.1, 0.15) is 46.0 Å². The van der Waals surface area contributed by atoms with Crippen molar-refractivity contribution < 1.29 is 14.3 Å². The van der Waals surface area contributed by atoms with Gasteiger partial charge in [-0.15, -0.1) is 11.8 Å². The Balaban J connectivity index is 2.22. The molecule has 0 bridgehead atoms. The standard InChI is InChI=1S/C19H24N2O3S/c1-6-24-19(23)16-11(2)17(21-12(16)3)18(22)13(4)20-14-8-7-9-15(10-14)25-5/h7-10,13,20-21H,6H2,1-5H3/t13-/m1/s1. The summed E-state index contributed by atoms with van der Waals surface area (Å²) in [7, 11) is 0. The number of nitrogens with one attached hydrogen (secondary N) is 2. The molecule has 0 amide bonds. The molecule has 1 atom stereocenters. The first kappa shape index (κ1) is 19.1. The van der Waals surface area contributed by atoms with E-state index in [1.807, 2.05) is 37.4 Å². The summed E-state index contributed by atoms with van der Waals surface area (Å²) < 4.78 is 5.08. The van der Waals surface area contributed by atoms with Crippen molar-refractivity contribution in [2.45, 2.75) is 38.6 Å². The Morgan fingerprint density at radius 3 is 2.68 bits per heavy atom. The molecule has 1 aromatic heterocycles. The number of carbonyl (C=O) groups is 2. The fraction of sp³-hybridized carbons (Fsp3) is 0.368. The van der Waals surface area contributed by atoms with Crippen LogP contribution < -0.4 is 5.32 Å². The molecule has 5 nitrogen and oxygen atoms in total. The Labute approximate surface area is 152 Å². The molecule has 2 N–H and O–H groups in total. The maximum Gasteiger partial charge on any atom is 0.340 e. The van der Waals surface area contributed by atoms with Crippen molar-refractivity contribution in [1.82, 2.24) is 4.98 Å². The van der Waals surface area contributed by atoms with E-state index < -0.39 is 12.0 Å². The van der Waals surface area contributed by atoms with Crippen LogP contribution in [0.15, 0.2) is 29.2 Å². The van der Waals surface area contributed by atoms with Crippen molar-refractivity contribution in [2.75, 3.05) is 18.2 Å². The zero-order valence-corrected chi connectivity index (χ0v) is 16.0. The van der Waals surface area contributed by atoms with Crippen molar-refractivity contribution in [3.05, 3.63) is 46.8 Å². The molecule has 0 aliphatic heterocycles. The molecule has 0 spiro atoms. The van der Waals surface area contributed by atoms with E-state index in [1.165, 1.54) is 0 Å². The number of hydrogen-bond donors (Lipinski definition) is 2. The first-order valence-corrected chi connectivity index (χ1v) is 9.42. The summed E-state index contributed by atoms with van der Waals surface area (Å²) in [5.74, 6) is -0.494. The molecule has 0 aliphatic carbocycles. The Morgan fingerprint density at radius 1 is 1.32 bits per heavy atom. The number of carbonyl (C=O) groups excluding carboxylic acids is 2. The van der Waals surface area contributed by atoms with E-state index in [9.17, 15) is 9.59 Å². The smallest absolute Gasteiger partial charge is 0.340 e. The molecule has 6 heteroatoms. The number of esters is 1. The second-order valence-corrected chi connectivity index (χ2v) is 6.69. The van der Waals surface area contributed by atoms with E-state index >= 15 is 0 Å². The minimum Gasteiger partial charge on any atom is -0.462 e. The van der Waals surface area contributed by atoms with Crippen LogP contribution in [0.3, 0.4) is 0 Å². The Hall–Kier alpha value is -2.21. The van der Waals surface area contributed by atoms with Gasteiger partial charge < -0.3 is 15.0 Å². The van der Waals surface area contributed by atoms with Gasteiger partial charge in [-0.25, -0.2) is 4.79 Å². The van der Waals surface area contributed by atoms with Gasteiger partial charge in [-0.2, -0.15) is 0 Å². The number of aromatic nitrogens is 1. The van der Waals surface area contributed by atoms with Gasteiger partial charge in [0.15, 0.2) is 0 Å². The van der Waals surface area contributed by atoms with Crippen LogP contribution in [-0.4, -0.2) is 35.6 Å². The number of ether oxygens (including phenoxy) is 1. The Kier molecular flexibility index (Phi) is 6.31. The van der Waals surface area contributed by atoms with E-state index in [4.69, 9.17) is 4.74 Å². The monoisotopic (exact) mass is 360 g/mol. The predicted octanol–water partition coefficient (Wildman–Crippen LogP) is 4.21. The highest BCUT2D eigenvalue weighted by molar-refractivity contribution is 7.98. The lowest BCUT2D eigenvalue weighted by Gasteiger charge is -2.14. The summed E-state index contributed by atoms with van der Waals surface area (Å²) in [5, 5.41) is 3.23. The average molecular weight is 360 g/mol. The van der Waals surface area contributed by atoms with Gasteiger partial charge in [0.2, 0.25) is 5.78 Å². The largest absolute Gasteiger partial charge is 0.462 e. The number of aromatic amines is 1. The van der Waals surface area contributed by atoms with E-state index in [0.717, 1.165) is 10.6 Å². The highest BCUT2D eigenvalue weighted by Crippen LogP contribution is 2.23. The van der Waals surface area contributed by atoms with Crippen LogP contribution >= 0.6 is 11.8 Å². The minimum atomic E-state index is -0.427. The SMILES string of the molecule is CCOC(=O)c1c(C)[nH]c(C(=O)[C@@H](C)Nc2cccc(SC)c2)c1C. The van der Waals surface area contributed by atoms with E-state index in [1.54, 1.807) is 32.5 Å². The number of hydrogen-bond acceptors (Lipinski definition) is 5. The highest BCUT2D eigenvalue weighted by Gasteiger charge is 2.25. The van der Waals surface area contributed by atoms with Gasteiger partial charge in [-0.05, 0) is 57.7 Å². The summed E-state index contributed by atoms with van der Waals surface area (Å²) >= 11 is 1.65. The Bertz CT molecular complexity index is 783. The molecule has 0 saturated carbocycles. The average Bonchev–Trinajstić information content (AvgIpc) is 2.89. The van der Waals surface area contributed by atoms with Gasteiger partial charge in [0.25, 0.3) is 0 Å². The molecule has 0 aliphatic rings. The maximum absolute atomic E-state index is 12.8. The van der Waals surface area contributed by atoms with Crippen molar-refractivity contribution in [3.8, 4) is 0 Å². The number of Topliss-reactive ketones (excluding diaryl/α,β-unsaturated/α-hetero) is 1. The number of anilines is 1. The third-order valence-corrected chi connectivity index (χ3v) is 4.73. The van der Waals surface area contributed by atoms with Crippen LogP contribution in [0.5, 0.6) is 0 Å². The fourth-order valence-corrected chi connectivity index (χ4v) is 3.21. The molecule has 0 fully saturated rings. The molecule has 0 radical (unpaired) electrons. The summed E-state index contributed by atoms with van der Waals surface area (Å²) in [6, 6.07) is 7.48. The molecule has 1 aromatic carbocycles. The van der Waals surface area contributed by atoms with Crippen molar-refractivity contribution in [3.63, 3.8) is 0 Å². The van der Waals surface area contributed by atoms with Crippen LogP contribution in [0.4, 0.5) is 5.69 Å². The van der Waals surface area contributed by atoms with Crippen LogP contribution in [0.25, 0.3) is 0 Å². The van der Waals surface area contributed by atoms with Crippen molar-refractivity contribution in [1.29, 1.82) is 0 Å². The van der Waals surface area contributed by atoms with Gasteiger partial charge in [0, 0.05) is 16.3 Å². The second-order valence-electron chi connectivity index (χ2n) is 5.81. The number of thioether (sulfide) groups is 1. The lowest BCUT2D eigenvalue weighted by Crippen LogP contribution is -2.27. The summed E-state index contributed by atoms with van der Waals surface area (Å²) in [6.45, 7) is 7.42. The van der Waals surface area contributed by atoms with E-state index in [2.05, 4.69) is 10.3 Å². The summed E-state index contributed by atoms with van der Waals surface area (Å²) in [6.07, 6.45) is 2.01. The third-order valence-electron chi connectivity index (χ3n) is 4.01. The molecular weight excluding hydrogens is 336 g/mol. The summed E-state index contributed by atoms with van der Waals surface area (Å²) in [5.41, 5.74) is 3.06. The first-order chi connectivity index (χ1) is 11.9. The molecule has 134 valence electrons. The molecule has 0 unspecified atom stereocenters.